The van der Waals surface area contributed by atoms with Crippen LogP contribution < -0.4 is 4.89 Å². The van der Waals surface area contributed by atoms with Gasteiger partial charge < -0.3 is 4.89 Å². The van der Waals surface area contributed by atoms with E-state index in [1.54, 1.807) is 0 Å². The van der Waals surface area contributed by atoms with Gasteiger partial charge in [0.15, 0.2) is 0 Å². The van der Waals surface area contributed by atoms with Crippen LogP contribution in [0.15, 0.2) is 0 Å². The fourth-order valence-corrected chi connectivity index (χ4v) is 3.02. The van der Waals surface area contributed by atoms with E-state index in [-0.39, 0.29) is 10.3 Å². The molecule has 1 nitrogen and oxygen atoms in total. The monoisotopic (exact) mass is 161 g/mol. The fourth-order valence-electron chi connectivity index (χ4n) is 1.01. The van der Waals surface area contributed by atoms with E-state index in [1.807, 2.05) is 41.5 Å². The summed E-state index contributed by atoms with van der Waals surface area (Å²) < 4.78 is 0. The zero-order valence-electron chi connectivity index (χ0n) is 7.86. The van der Waals surface area contributed by atoms with E-state index in [1.165, 1.54) is 0 Å². The van der Waals surface area contributed by atoms with Gasteiger partial charge in [0.1, 0.15) is 0 Å². The van der Waals surface area contributed by atoms with Gasteiger partial charge in [-0.1, -0.05) is 41.5 Å². The number of rotatable bonds is 0. The van der Waals surface area contributed by atoms with E-state index in [2.05, 4.69) is 0 Å². The molecule has 0 aromatic heterocycles. The Kier molecular flexibility index (Phi) is 2.90. The molecule has 0 aliphatic heterocycles. The maximum atomic E-state index is 11.6. The van der Waals surface area contributed by atoms with Crippen LogP contribution in [0.1, 0.15) is 41.5 Å². The second-order valence-electron chi connectivity index (χ2n) is 4.64. The average molecular weight is 161 g/mol. The molecule has 0 fully saturated rings. The average Bonchev–Trinajstić information content (AvgIpc) is 1.59. The molecule has 2 heteroatoms. The highest BCUT2D eigenvalue weighted by molar-refractivity contribution is 7.53. The topological polar surface area (TPSA) is 23.1 Å². The third-order valence-corrected chi connectivity index (χ3v) is 3.66. The first-order valence-corrected chi connectivity index (χ1v) is 4.89. The van der Waals surface area contributed by atoms with Gasteiger partial charge >= 0.3 is 0 Å². The Hall–Kier alpha value is 0.390. The van der Waals surface area contributed by atoms with Crippen molar-refractivity contribution in [3.63, 3.8) is 0 Å². The Morgan fingerprint density at radius 2 is 1.00 bits per heavy atom. The van der Waals surface area contributed by atoms with Crippen molar-refractivity contribution in [1.29, 1.82) is 0 Å². The number of hydrogen-bond donors (Lipinski definition) is 0. The van der Waals surface area contributed by atoms with Crippen LogP contribution in [0.4, 0.5) is 0 Å². The first-order valence-electron chi connectivity index (χ1n) is 3.63. The van der Waals surface area contributed by atoms with Gasteiger partial charge in [-0.25, -0.2) is 0 Å². The molecule has 0 bridgehead atoms. The summed E-state index contributed by atoms with van der Waals surface area (Å²) in [5.74, 6) is 0. The van der Waals surface area contributed by atoms with Crippen molar-refractivity contribution in [2.24, 2.45) is 0 Å². The van der Waals surface area contributed by atoms with Gasteiger partial charge in [-0.05, 0) is 10.3 Å². The van der Waals surface area contributed by atoms with E-state index >= 15 is 0 Å². The van der Waals surface area contributed by atoms with Crippen LogP contribution in [0.25, 0.3) is 0 Å². The lowest BCUT2D eigenvalue weighted by molar-refractivity contribution is -0.168. The molecular weight excluding hydrogens is 143 g/mol. The Morgan fingerprint density at radius 1 is 0.800 bits per heavy atom. The van der Waals surface area contributed by atoms with Gasteiger partial charge in [-0.2, -0.15) is 8.15 Å². The molecule has 0 spiro atoms. The van der Waals surface area contributed by atoms with Crippen molar-refractivity contribution in [3.05, 3.63) is 0 Å². The second kappa shape index (κ2) is 2.79. The zero-order chi connectivity index (χ0) is 8.58. The van der Waals surface area contributed by atoms with Crippen molar-refractivity contribution in [2.45, 2.75) is 51.9 Å². The predicted molar refractivity (Wildman–Crippen MR) is 46.4 cm³/mol. The van der Waals surface area contributed by atoms with Crippen LogP contribution in [0.5, 0.6) is 0 Å². The maximum absolute atomic E-state index is 11.6. The molecule has 0 rings (SSSR count). The van der Waals surface area contributed by atoms with Crippen molar-refractivity contribution >= 4 is 8.15 Å². The molecule has 0 atom stereocenters. The van der Waals surface area contributed by atoms with Crippen LogP contribution in [0, 0.1) is 0 Å². The smallest absolute Gasteiger partial charge is 0.0319 e. The molecule has 0 aliphatic carbocycles. The first-order chi connectivity index (χ1) is 4.15. The van der Waals surface area contributed by atoms with Gasteiger partial charge in [-0.3, -0.25) is 0 Å². The summed E-state index contributed by atoms with van der Waals surface area (Å²) in [5, 5.41) is -0.0961. The minimum atomic E-state index is -1.11. The molecule has 0 saturated carbocycles. The highest BCUT2D eigenvalue weighted by Gasteiger charge is 2.24. The van der Waals surface area contributed by atoms with E-state index in [0.717, 1.165) is 0 Å². The lowest BCUT2D eigenvalue weighted by Gasteiger charge is -2.47. The van der Waals surface area contributed by atoms with E-state index in [4.69, 9.17) is 0 Å². The van der Waals surface area contributed by atoms with Crippen molar-refractivity contribution in [1.82, 2.24) is 0 Å². The summed E-state index contributed by atoms with van der Waals surface area (Å²) in [6.45, 7) is 12.1. The minimum absolute atomic E-state index is 0.0480. The third-order valence-electron chi connectivity index (χ3n) is 1.22. The predicted octanol–water partition coefficient (Wildman–Crippen LogP) is 2.34. The SMILES string of the molecule is CC(C)(C)P([O-])C(C)(C)C. The van der Waals surface area contributed by atoms with Crippen LogP contribution >= 0.6 is 8.15 Å². The molecule has 0 aromatic rings. The van der Waals surface area contributed by atoms with Gasteiger partial charge in [0, 0.05) is 0 Å². The van der Waals surface area contributed by atoms with E-state index < -0.39 is 8.15 Å². The highest BCUT2D eigenvalue weighted by Crippen LogP contribution is 2.52. The second-order valence-corrected chi connectivity index (χ2v) is 7.91. The molecule has 0 aliphatic rings. The van der Waals surface area contributed by atoms with Crippen LogP contribution in [0.2, 0.25) is 0 Å². The lowest BCUT2D eigenvalue weighted by Crippen LogP contribution is -2.31. The summed E-state index contributed by atoms with van der Waals surface area (Å²) >= 11 is 0. The zero-order valence-corrected chi connectivity index (χ0v) is 8.75. The van der Waals surface area contributed by atoms with Crippen molar-refractivity contribution in [3.8, 4) is 0 Å². The largest absolute Gasteiger partial charge is 0.829 e. The summed E-state index contributed by atoms with van der Waals surface area (Å²) in [6, 6.07) is 0. The van der Waals surface area contributed by atoms with Crippen molar-refractivity contribution < 1.29 is 4.89 Å². The normalized spacial score (nSPS) is 14.4. The van der Waals surface area contributed by atoms with Gasteiger partial charge in [0.25, 0.3) is 0 Å². The molecule has 0 unspecified atom stereocenters. The van der Waals surface area contributed by atoms with E-state index in [0.29, 0.717) is 0 Å². The summed E-state index contributed by atoms with van der Waals surface area (Å²) in [7, 11) is -1.11. The van der Waals surface area contributed by atoms with E-state index in [9.17, 15) is 4.89 Å². The number of hydrogen-bond acceptors (Lipinski definition) is 1. The Morgan fingerprint density at radius 3 is 1.00 bits per heavy atom. The molecule has 0 saturated heterocycles. The first kappa shape index (κ1) is 10.4. The molecule has 10 heavy (non-hydrogen) atoms. The van der Waals surface area contributed by atoms with Crippen LogP contribution in [0.3, 0.4) is 0 Å². The Balaban J connectivity index is 4.23. The van der Waals surface area contributed by atoms with Gasteiger partial charge in [-0.15, -0.1) is 0 Å². The summed E-state index contributed by atoms with van der Waals surface area (Å²) in [5.41, 5.74) is 0. The lowest BCUT2D eigenvalue weighted by atomic mass is 10.2. The molecule has 0 aromatic carbocycles. The maximum Gasteiger partial charge on any atom is -0.0319 e. The minimum Gasteiger partial charge on any atom is -0.829 e. The highest BCUT2D eigenvalue weighted by atomic mass is 31.1. The Bertz CT molecular complexity index is 93.4. The molecule has 62 valence electrons. The molecule has 0 amide bonds. The molecule has 0 N–H and O–H groups in total. The Labute approximate surface area is 65.7 Å². The summed E-state index contributed by atoms with van der Waals surface area (Å²) in [4.78, 5) is 11.6. The van der Waals surface area contributed by atoms with Crippen LogP contribution in [-0.4, -0.2) is 10.3 Å². The fraction of sp³-hybridized carbons (Fsp3) is 1.00. The van der Waals surface area contributed by atoms with Gasteiger partial charge in [0.2, 0.25) is 0 Å². The van der Waals surface area contributed by atoms with Crippen LogP contribution in [-0.2, 0) is 0 Å². The van der Waals surface area contributed by atoms with Crippen molar-refractivity contribution in [2.75, 3.05) is 0 Å². The molecular formula is C8H18OP-. The standard InChI is InChI=1S/C8H18OP/c1-7(2,3)10(9)8(4,5)6/h1-6H3/q-1. The quantitative estimate of drug-likeness (QED) is 0.500. The third kappa shape index (κ3) is 2.98. The van der Waals surface area contributed by atoms with Gasteiger partial charge in [0.05, 0.1) is 0 Å². The molecule has 0 heterocycles. The molecule has 0 radical (unpaired) electrons. The summed E-state index contributed by atoms with van der Waals surface area (Å²) in [6.07, 6.45) is 0.